The Morgan fingerprint density at radius 3 is 2.50 bits per heavy atom. The zero-order chi connectivity index (χ0) is 18.5. The lowest BCUT2D eigenvalue weighted by Crippen LogP contribution is -2.48. The van der Waals surface area contributed by atoms with Crippen molar-refractivity contribution < 1.29 is 14.7 Å². The van der Waals surface area contributed by atoms with Gasteiger partial charge in [-0.3, -0.25) is 14.5 Å². The highest BCUT2D eigenvalue weighted by molar-refractivity contribution is 6.00. The number of H-pyrrole nitrogens is 1. The number of carbonyl (C=O) groups is 2. The fraction of sp³-hybridized carbons (Fsp3) is 0.400. The normalized spacial score (nSPS) is 15.4. The summed E-state index contributed by atoms with van der Waals surface area (Å²) in [4.78, 5) is 30.9. The molecule has 26 heavy (non-hydrogen) atoms. The molecule has 3 rings (SSSR count). The van der Waals surface area contributed by atoms with Gasteiger partial charge in [-0.05, 0) is 24.9 Å². The van der Waals surface area contributed by atoms with Crippen LogP contribution in [-0.4, -0.2) is 64.0 Å². The van der Waals surface area contributed by atoms with Crippen LogP contribution in [0, 0.1) is 0 Å². The van der Waals surface area contributed by atoms with Crippen molar-refractivity contribution >= 4 is 11.9 Å². The minimum atomic E-state index is -0.801. The van der Waals surface area contributed by atoms with Crippen molar-refractivity contribution in [2.24, 2.45) is 0 Å². The molecular formula is C20H25N3O3. The largest absolute Gasteiger partial charge is 0.480 e. The SMILES string of the molecule is CCN(CC(=O)O)C1CCN(C(=O)c2c[nH]cc2-c2ccccc2)CC1. The number of hydrogen-bond acceptors (Lipinski definition) is 3. The molecule has 2 heterocycles. The van der Waals surface area contributed by atoms with E-state index in [9.17, 15) is 9.59 Å². The average Bonchev–Trinajstić information content (AvgIpc) is 3.16. The van der Waals surface area contributed by atoms with Crippen LogP contribution in [0.15, 0.2) is 42.7 Å². The number of piperidine rings is 1. The second-order valence-electron chi connectivity index (χ2n) is 6.63. The van der Waals surface area contributed by atoms with E-state index in [4.69, 9.17) is 5.11 Å². The summed E-state index contributed by atoms with van der Waals surface area (Å²) in [6.07, 6.45) is 5.23. The summed E-state index contributed by atoms with van der Waals surface area (Å²) in [7, 11) is 0. The predicted octanol–water partition coefficient (Wildman–Crippen LogP) is 2.69. The number of aromatic amines is 1. The molecule has 0 spiro atoms. The van der Waals surface area contributed by atoms with Crippen molar-refractivity contribution in [3.63, 3.8) is 0 Å². The fourth-order valence-electron chi connectivity index (χ4n) is 3.67. The van der Waals surface area contributed by atoms with Crippen LogP contribution >= 0.6 is 0 Å². The summed E-state index contributed by atoms with van der Waals surface area (Å²) in [5.41, 5.74) is 2.62. The van der Waals surface area contributed by atoms with Gasteiger partial charge in [0.25, 0.3) is 5.91 Å². The van der Waals surface area contributed by atoms with E-state index in [-0.39, 0.29) is 18.5 Å². The Balaban J connectivity index is 1.67. The molecule has 1 aromatic heterocycles. The molecule has 6 heteroatoms. The summed E-state index contributed by atoms with van der Waals surface area (Å²) in [5, 5.41) is 9.04. The fourth-order valence-corrected chi connectivity index (χ4v) is 3.67. The van der Waals surface area contributed by atoms with Gasteiger partial charge in [-0.1, -0.05) is 37.3 Å². The molecule has 0 radical (unpaired) electrons. The number of benzene rings is 1. The van der Waals surface area contributed by atoms with Gasteiger partial charge in [-0.2, -0.15) is 0 Å². The molecule has 0 aliphatic carbocycles. The number of likely N-dealkylation sites (N-methyl/N-ethyl adjacent to an activating group) is 1. The first-order valence-corrected chi connectivity index (χ1v) is 9.07. The molecule has 0 unspecified atom stereocenters. The number of aliphatic carboxylic acids is 1. The van der Waals surface area contributed by atoms with Crippen molar-refractivity contribution in [2.45, 2.75) is 25.8 Å². The molecule has 2 aromatic rings. The molecule has 1 amide bonds. The van der Waals surface area contributed by atoms with Gasteiger partial charge in [0.1, 0.15) is 0 Å². The van der Waals surface area contributed by atoms with Gasteiger partial charge in [0.2, 0.25) is 0 Å². The summed E-state index contributed by atoms with van der Waals surface area (Å²) in [6, 6.07) is 10.1. The van der Waals surface area contributed by atoms with E-state index < -0.39 is 5.97 Å². The number of hydrogen-bond donors (Lipinski definition) is 2. The molecule has 2 N–H and O–H groups in total. The van der Waals surface area contributed by atoms with E-state index in [0.29, 0.717) is 25.2 Å². The number of rotatable bonds is 6. The topological polar surface area (TPSA) is 76.6 Å². The first-order chi connectivity index (χ1) is 12.6. The lowest BCUT2D eigenvalue weighted by Gasteiger charge is -2.37. The quantitative estimate of drug-likeness (QED) is 0.835. The third-order valence-corrected chi connectivity index (χ3v) is 5.07. The van der Waals surface area contributed by atoms with Gasteiger partial charge >= 0.3 is 5.97 Å². The summed E-state index contributed by atoms with van der Waals surface area (Å²) in [6.45, 7) is 4.05. The first kappa shape index (κ1) is 18.2. The monoisotopic (exact) mass is 355 g/mol. The van der Waals surface area contributed by atoms with Crippen molar-refractivity contribution in [3.05, 3.63) is 48.3 Å². The van der Waals surface area contributed by atoms with Crippen LogP contribution in [0.1, 0.15) is 30.1 Å². The molecule has 6 nitrogen and oxygen atoms in total. The molecule has 1 aliphatic rings. The molecule has 0 bridgehead atoms. The smallest absolute Gasteiger partial charge is 0.317 e. The lowest BCUT2D eigenvalue weighted by molar-refractivity contribution is -0.139. The third-order valence-electron chi connectivity index (χ3n) is 5.07. The Morgan fingerprint density at radius 2 is 1.88 bits per heavy atom. The Hall–Kier alpha value is -2.60. The number of aromatic nitrogens is 1. The first-order valence-electron chi connectivity index (χ1n) is 9.07. The van der Waals surface area contributed by atoms with Gasteiger partial charge in [0.05, 0.1) is 12.1 Å². The van der Waals surface area contributed by atoms with Crippen LogP contribution in [0.3, 0.4) is 0 Å². The maximum Gasteiger partial charge on any atom is 0.317 e. The number of carbonyl (C=O) groups excluding carboxylic acids is 1. The Labute approximate surface area is 153 Å². The second-order valence-corrected chi connectivity index (χ2v) is 6.63. The maximum atomic E-state index is 13.0. The third kappa shape index (κ3) is 3.96. The van der Waals surface area contributed by atoms with Crippen LogP contribution in [-0.2, 0) is 4.79 Å². The maximum absolute atomic E-state index is 13.0. The van der Waals surface area contributed by atoms with Crippen LogP contribution in [0.4, 0.5) is 0 Å². The minimum Gasteiger partial charge on any atom is -0.480 e. The number of nitrogens with one attached hydrogen (secondary N) is 1. The number of nitrogens with zero attached hydrogens (tertiary/aromatic N) is 2. The molecular weight excluding hydrogens is 330 g/mol. The molecule has 1 saturated heterocycles. The van der Waals surface area contributed by atoms with Gasteiger partial charge in [-0.25, -0.2) is 0 Å². The number of carboxylic acid groups (broad SMARTS) is 1. The van der Waals surface area contributed by atoms with E-state index in [0.717, 1.165) is 24.0 Å². The molecule has 0 saturated carbocycles. The van der Waals surface area contributed by atoms with Crippen molar-refractivity contribution in [1.29, 1.82) is 0 Å². The Kier molecular flexibility index (Phi) is 5.73. The zero-order valence-electron chi connectivity index (χ0n) is 15.0. The van der Waals surface area contributed by atoms with Gasteiger partial charge in [0.15, 0.2) is 0 Å². The summed E-state index contributed by atoms with van der Waals surface area (Å²) in [5.74, 6) is -0.769. The second kappa shape index (κ2) is 8.19. The molecule has 1 aliphatic heterocycles. The van der Waals surface area contributed by atoms with E-state index in [1.54, 1.807) is 6.20 Å². The van der Waals surface area contributed by atoms with Gasteiger partial charge in [0, 0.05) is 37.1 Å². The van der Waals surface area contributed by atoms with Gasteiger partial charge in [-0.15, -0.1) is 0 Å². The average molecular weight is 355 g/mol. The molecule has 0 atom stereocenters. The van der Waals surface area contributed by atoms with Crippen molar-refractivity contribution in [3.8, 4) is 11.1 Å². The lowest BCUT2D eigenvalue weighted by atomic mass is 10.00. The van der Waals surface area contributed by atoms with Crippen LogP contribution in [0.2, 0.25) is 0 Å². The zero-order valence-corrected chi connectivity index (χ0v) is 15.0. The van der Waals surface area contributed by atoms with Crippen molar-refractivity contribution in [2.75, 3.05) is 26.2 Å². The number of likely N-dealkylation sites (tertiary alicyclic amines) is 1. The van der Waals surface area contributed by atoms with Gasteiger partial charge < -0.3 is 15.0 Å². The van der Waals surface area contributed by atoms with E-state index >= 15 is 0 Å². The summed E-state index contributed by atoms with van der Waals surface area (Å²) < 4.78 is 0. The van der Waals surface area contributed by atoms with Crippen LogP contribution in [0.25, 0.3) is 11.1 Å². The summed E-state index contributed by atoms with van der Waals surface area (Å²) >= 11 is 0. The van der Waals surface area contributed by atoms with Crippen molar-refractivity contribution in [1.82, 2.24) is 14.8 Å². The van der Waals surface area contributed by atoms with E-state index in [1.807, 2.05) is 53.3 Å². The number of amides is 1. The van der Waals surface area contributed by atoms with Crippen LogP contribution < -0.4 is 0 Å². The standard InChI is InChI=1S/C20H25N3O3/c1-2-22(14-19(24)25)16-8-10-23(11-9-16)20(26)18-13-21-12-17(18)15-6-4-3-5-7-15/h3-7,12-13,16,21H,2,8-11,14H2,1H3,(H,24,25). The molecule has 1 aromatic carbocycles. The van der Waals surface area contributed by atoms with Crippen LogP contribution in [0.5, 0.6) is 0 Å². The van der Waals surface area contributed by atoms with E-state index in [2.05, 4.69) is 4.98 Å². The Bertz CT molecular complexity index is 749. The number of carboxylic acids is 1. The minimum absolute atomic E-state index is 0.0323. The predicted molar refractivity (Wildman–Crippen MR) is 100 cm³/mol. The van der Waals surface area contributed by atoms with E-state index in [1.165, 1.54) is 0 Å². The molecule has 1 fully saturated rings. The highest BCUT2D eigenvalue weighted by atomic mass is 16.4. The molecule has 138 valence electrons. The Morgan fingerprint density at radius 1 is 1.19 bits per heavy atom. The highest BCUT2D eigenvalue weighted by Gasteiger charge is 2.28. The highest BCUT2D eigenvalue weighted by Crippen LogP contribution is 2.26.